The molecule has 27 heavy (non-hydrogen) atoms. The molecule has 2 amide bonds. The highest BCUT2D eigenvalue weighted by Crippen LogP contribution is 2.19. The first kappa shape index (κ1) is 18.5. The van der Waals surface area contributed by atoms with Crippen LogP contribution in [0.15, 0.2) is 72.8 Å². The van der Waals surface area contributed by atoms with Crippen molar-refractivity contribution in [2.45, 2.75) is 0 Å². The predicted octanol–water partition coefficient (Wildman–Crippen LogP) is 4.85. The monoisotopic (exact) mass is 380 g/mol. The largest absolute Gasteiger partial charge is 0.497 e. The molecule has 0 heterocycles. The summed E-state index contributed by atoms with van der Waals surface area (Å²) in [6.07, 6.45) is 0. The number of methoxy groups -OCH3 is 1. The van der Waals surface area contributed by atoms with Crippen LogP contribution < -0.4 is 15.4 Å². The third kappa shape index (κ3) is 4.65. The fourth-order valence-corrected chi connectivity index (χ4v) is 2.65. The molecule has 3 aromatic rings. The number of amides is 2. The molecular weight excluding hydrogens is 364 g/mol. The summed E-state index contributed by atoms with van der Waals surface area (Å²) in [5, 5.41) is 5.94. The van der Waals surface area contributed by atoms with Crippen LogP contribution in [-0.4, -0.2) is 18.9 Å². The van der Waals surface area contributed by atoms with Crippen molar-refractivity contribution in [1.29, 1.82) is 0 Å². The van der Waals surface area contributed by atoms with Crippen LogP contribution in [0.3, 0.4) is 0 Å². The standard InChI is InChI=1S/C21H17ClN2O3/c1-27-17-12-10-16(11-13-17)23-20(25)14-6-8-15(9-7-14)24-21(26)18-4-2-3-5-19(18)22/h2-13H,1H3,(H,23,25)(H,24,26). The minimum absolute atomic E-state index is 0.246. The molecule has 0 aliphatic carbocycles. The van der Waals surface area contributed by atoms with Crippen LogP contribution in [0.5, 0.6) is 5.75 Å². The zero-order valence-electron chi connectivity index (χ0n) is 14.5. The Balaban J connectivity index is 1.64. The topological polar surface area (TPSA) is 67.4 Å². The number of benzene rings is 3. The lowest BCUT2D eigenvalue weighted by atomic mass is 10.1. The second-order valence-corrected chi connectivity index (χ2v) is 6.10. The Morgan fingerprint density at radius 1 is 0.778 bits per heavy atom. The van der Waals surface area contributed by atoms with Gasteiger partial charge in [0.25, 0.3) is 11.8 Å². The molecule has 0 aliphatic rings. The number of halogens is 1. The number of ether oxygens (including phenoxy) is 1. The average Bonchev–Trinajstić information content (AvgIpc) is 2.69. The van der Waals surface area contributed by atoms with Crippen molar-refractivity contribution in [1.82, 2.24) is 0 Å². The normalized spacial score (nSPS) is 10.1. The summed E-state index contributed by atoms with van der Waals surface area (Å²) in [6.45, 7) is 0. The molecule has 0 radical (unpaired) electrons. The van der Waals surface area contributed by atoms with E-state index in [-0.39, 0.29) is 11.8 Å². The van der Waals surface area contributed by atoms with Gasteiger partial charge < -0.3 is 15.4 Å². The fourth-order valence-electron chi connectivity index (χ4n) is 2.43. The summed E-state index contributed by atoms with van der Waals surface area (Å²) in [7, 11) is 1.58. The molecule has 5 nitrogen and oxygen atoms in total. The molecule has 0 unspecified atom stereocenters. The summed E-state index contributed by atoms with van der Waals surface area (Å²) in [6, 6.07) is 20.5. The number of nitrogens with one attached hydrogen (secondary N) is 2. The Hall–Kier alpha value is -3.31. The number of carbonyl (C=O) groups excluding carboxylic acids is 2. The molecular formula is C21H17ClN2O3. The predicted molar refractivity (Wildman–Crippen MR) is 107 cm³/mol. The molecule has 0 aromatic heterocycles. The van der Waals surface area contributed by atoms with Crippen LogP contribution in [0.25, 0.3) is 0 Å². The van der Waals surface area contributed by atoms with Crippen LogP contribution in [-0.2, 0) is 0 Å². The van der Waals surface area contributed by atoms with Crippen LogP contribution >= 0.6 is 11.6 Å². The van der Waals surface area contributed by atoms with E-state index >= 15 is 0 Å². The van der Waals surface area contributed by atoms with Gasteiger partial charge in [0.1, 0.15) is 5.75 Å². The van der Waals surface area contributed by atoms with E-state index in [9.17, 15) is 9.59 Å². The van der Waals surface area contributed by atoms with Gasteiger partial charge in [0.2, 0.25) is 0 Å². The van der Waals surface area contributed by atoms with E-state index in [1.165, 1.54) is 0 Å². The van der Waals surface area contributed by atoms with Gasteiger partial charge in [0.15, 0.2) is 0 Å². The number of carbonyl (C=O) groups is 2. The number of rotatable bonds is 5. The molecule has 136 valence electrons. The third-order valence-electron chi connectivity index (χ3n) is 3.87. The Kier molecular flexibility index (Phi) is 5.74. The second kappa shape index (κ2) is 8.38. The van der Waals surface area contributed by atoms with E-state index in [2.05, 4.69) is 10.6 Å². The van der Waals surface area contributed by atoms with Crippen LogP contribution in [0.1, 0.15) is 20.7 Å². The van der Waals surface area contributed by atoms with Gasteiger partial charge in [0, 0.05) is 16.9 Å². The van der Waals surface area contributed by atoms with Gasteiger partial charge >= 0.3 is 0 Å². The lowest BCUT2D eigenvalue weighted by Crippen LogP contribution is -2.14. The summed E-state index contributed by atoms with van der Waals surface area (Å²) in [5.41, 5.74) is 2.10. The molecule has 0 aliphatic heterocycles. The third-order valence-corrected chi connectivity index (χ3v) is 4.20. The lowest BCUT2D eigenvalue weighted by molar-refractivity contribution is 0.102. The first-order valence-electron chi connectivity index (χ1n) is 8.18. The van der Waals surface area contributed by atoms with E-state index in [0.29, 0.717) is 33.3 Å². The van der Waals surface area contributed by atoms with E-state index in [0.717, 1.165) is 0 Å². The van der Waals surface area contributed by atoms with Crippen molar-refractivity contribution in [3.8, 4) is 5.75 Å². The Labute approximate surface area is 161 Å². The zero-order valence-corrected chi connectivity index (χ0v) is 15.3. The minimum atomic E-state index is -0.309. The molecule has 3 rings (SSSR count). The van der Waals surface area contributed by atoms with Gasteiger partial charge in [-0.1, -0.05) is 23.7 Å². The van der Waals surface area contributed by atoms with Crippen LogP contribution in [0.4, 0.5) is 11.4 Å². The molecule has 2 N–H and O–H groups in total. The SMILES string of the molecule is COc1ccc(NC(=O)c2ccc(NC(=O)c3ccccc3Cl)cc2)cc1. The number of hydrogen-bond acceptors (Lipinski definition) is 3. The van der Waals surface area contributed by atoms with E-state index < -0.39 is 0 Å². The lowest BCUT2D eigenvalue weighted by Gasteiger charge is -2.09. The molecule has 0 atom stereocenters. The van der Waals surface area contributed by atoms with Crippen LogP contribution in [0, 0.1) is 0 Å². The average molecular weight is 381 g/mol. The minimum Gasteiger partial charge on any atom is -0.497 e. The fraction of sp³-hybridized carbons (Fsp3) is 0.0476. The van der Waals surface area contributed by atoms with Gasteiger partial charge in [-0.15, -0.1) is 0 Å². The maximum atomic E-state index is 12.3. The Morgan fingerprint density at radius 2 is 1.33 bits per heavy atom. The second-order valence-electron chi connectivity index (χ2n) is 5.69. The summed E-state index contributed by atoms with van der Waals surface area (Å²) in [5.74, 6) is 0.159. The Bertz CT molecular complexity index is 954. The first-order valence-corrected chi connectivity index (χ1v) is 8.56. The van der Waals surface area contributed by atoms with Gasteiger partial charge in [-0.3, -0.25) is 9.59 Å². The molecule has 0 fully saturated rings. The maximum absolute atomic E-state index is 12.3. The quantitative estimate of drug-likeness (QED) is 0.664. The van der Waals surface area contributed by atoms with E-state index in [4.69, 9.17) is 16.3 Å². The van der Waals surface area contributed by atoms with Gasteiger partial charge in [-0.05, 0) is 60.7 Å². The van der Waals surface area contributed by atoms with Gasteiger partial charge in [-0.2, -0.15) is 0 Å². The molecule has 0 spiro atoms. The van der Waals surface area contributed by atoms with Crippen molar-refractivity contribution in [2.24, 2.45) is 0 Å². The summed E-state index contributed by atoms with van der Waals surface area (Å²) in [4.78, 5) is 24.6. The van der Waals surface area contributed by atoms with E-state index in [1.807, 2.05) is 0 Å². The number of anilines is 2. The van der Waals surface area contributed by atoms with Crippen molar-refractivity contribution in [2.75, 3.05) is 17.7 Å². The zero-order chi connectivity index (χ0) is 19.2. The number of hydrogen-bond donors (Lipinski definition) is 2. The smallest absolute Gasteiger partial charge is 0.257 e. The van der Waals surface area contributed by atoms with Gasteiger partial charge in [-0.25, -0.2) is 0 Å². The Morgan fingerprint density at radius 3 is 1.93 bits per heavy atom. The molecule has 0 bridgehead atoms. The first-order chi connectivity index (χ1) is 13.1. The van der Waals surface area contributed by atoms with Crippen molar-refractivity contribution >= 4 is 34.8 Å². The highest BCUT2D eigenvalue weighted by Gasteiger charge is 2.11. The molecule has 3 aromatic carbocycles. The van der Waals surface area contributed by atoms with Crippen molar-refractivity contribution in [3.05, 3.63) is 88.9 Å². The summed E-state index contributed by atoms with van der Waals surface area (Å²) >= 11 is 6.03. The maximum Gasteiger partial charge on any atom is 0.257 e. The van der Waals surface area contributed by atoms with Gasteiger partial charge in [0.05, 0.1) is 17.7 Å². The molecule has 0 saturated carbocycles. The summed E-state index contributed by atoms with van der Waals surface area (Å²) < 4.78 is 5.09. The molecule has 0 saturated heterocycles. The highest BCUT2D eigenvalue weighted by atomic mass is 35.5. The highest BCUT2D eigenvalue weighted by molar-refractivity contribution is 6.34. The van der Waals surface area contributed by atoms with Crippen molar-refractivity contribution in [3.63, 3.8) is 0 Å². The van der Waals surface area contributed by atoms with Crippen LogP contribution in [0.2, 0.25) is 5.02 Å². The van der Waals surface area contributed by atoms with E-state index in [1.54, 1.807) is 79.9 Å². The van der Waals surface area contributed by atoms with Crippen molar-refractivity contribution < 1.29 is 14.3 Å². The molecule has 6 heteroatoms.